The Hall–Kier alpha value is -4.92. The first-order chi connectivity index (χ1) is 17.6. The predicted molar refractivity (Wildman–Crippen MR) is 139 cm³/mol. The number of nitrogens with one attached hydrogen (secondary N) is 3. The fraction of sp³-hybridized carbons (Fsp3) is 0.111. The minimum atomic E-state index is -0.120. The van der Waals surface area contributed by atoms with E-state index in [0.717, 1.165) is 50.1 Å². The van der Waals surface area contributed by atoms with Crippen LogP contribution in [-0.2, 0) is 4.79 Å². The van der Waals surface area contributed by atoms with Gasteiger partial charge in [0.2, 0.25) is 5.91 Å². The molecule has 9 nitrogen and oxygen atoms in total. The molecule has 0 aliphatic rings. The zero-order valence-corrected chi connectivity index (χ0v) is 19.6. The lowest BCUT2D eigenvalue weighted by atomic mass is 10.1. The van der Waals surface area contributed by atoms with Crippen LogP contribution in [0, 0.1) is 5.92 Å². The summed E-state index contributed by atoms with van der Waals surface area (Å²) in [6.07, 6.45) is 10.5. The van der Waals surface area contributed by atoms with Crippen molar-refractivity contribution in [3.8, 4) is 33.8 Å². The van der Waals surface area contributed by atoms with Gasteiger partial charge in [-0.2, -0.15) is 5.10 Å². The molecular weight excluding hydrogens is 452 g/mol. The number of carbonyl (C=O) groups is 1. The molecule has 0 fully saturated rings. The molecule has 1 amide bonds. The van der Waals surface area contributed by atoms with Gasteiger partial charge in [0.25, 0.3) is 0 Å². The Morgan fingerprint density at radius 3 is 2.50 bits per heavy atom. The van der Waals surface area contributed by atoms with Gasteiger partial charge in [0.15, 0.2) is 5.65 Å². The highest BCUT2D eigenvalue weighted by atomic mass is 16.1. The van der Waals surface area contributed by atoms with Crippen LogP contribution in [0.1, 0.15) is 13.8 Å². The number of pyridine rings is 4. The Balaban J connectivity index is 1.41. The monoisotopic (exact) mass is 474 g/mol. The van der Waals surface area contributed by atoms with E-state index in [0.29, 0.717) is 11.3 Å². The fourth-order valence-electron chi connectivity index (χ4n) is 4.14. The normalized spacial score (nSPS) is 11.4. The first-order valence-corrected chi connectivity index (χ1v) is 11.6. The van der Waals surface area contributed by atoms with E-state index in [-0.39, 0.29) is 11.8 Å². The van der Waals surface area contributed by atoms with E-state index in [1.54, 1.807) is 37.2 Å². The third kappa shape index (κ3) is 3.86. The maximum absolute atomic E-state index is 12.1. The van der Waals surface area contributed by atoms with Gasteiger partial charge in [0, 0.05) is 69.9 Å². The quantitative estimate of drug-likeness (QED) is 0.315. The molecule has 0 spiro atoms. The minimum Gasteiger partial charge on any atom is -0.353 e. The average Bonchev–Trinajstić information content (AvgIpc) is 3.53. The van der Waals surface area contributed by atoms with Crippen LogP contribution < -0.4 is 5.32 Å². The van der Waals surface area contributed by atoms with Gasteiger partial charge < -0.3 is 10.3 Å². The Morgan fingerprint density at radius 1 is 0.833 bits per heavy atom. The Labute approximate surface area is 206 Å². The molecule has 0 saturated carbocycles. The second-order valence-electron chi connectivity index (χ2n) is 8.84. The van der Waals surface area contributed by atoms with Crippen LogP contribution in [0.5, 0.6) is 0 Å². The van der Waals surface area contributed by atoms with Crippen molar-refractivity contribution in [1.82, 2.24) is 35.1 Å². The van der Waals surface area contributed by atoms with Gasteiger partial charge in [-0.1, -0.05) is 13.8 Å². The SMILES string of the molecule is CC(C)C(=O)Nc1cncc(-c2cnc3[nH]nc(-c4cc5c(-c6ccncc6)nccc5[nH]4)c3c2)c1. The van der Waals surface area contributed by atoms with E-state index >= 15 is 0 Å². The number of hydrogen-bond acceptors (Lipinski definition) is 6. The van der Waals surface area contributed by atoms with Gasteiger partial charge in [0.05, 0.1) is 23.3 Å². The molecule has 6 rings (SSSR count). The van der Waals surface area contributed by atoms with E-state index < -0.39 is 0 Å². The standard InChI is InChI=1S/C27H22N8O/c1-15(2)27(36)32-19-9-17(12-29-14-19)18-10-21-25(34-35-26(21)31-13-18)23-11-20-22(33-23)5-8-30-24(20)16-3-6-28-7-4-16/h3-15,33H,1-2H3,(H,32,36)(H,31,34,35). The molecule has 0 radical (unpaired) electrons. The van der Waals surface area contributed by atoms with E-state index in [9.17, 15) is 4.79 Å². The summed E-state index contributed by atoms with van der Waals surface area (Å²) >= 11 is 0. The van der Waals surface area contributed by atoms with Crippen molar-refractivity contribution in [2.45, 2.75) is 13.8 Å². The number of fused-ring (bicyclic) bond motifs is 2. The van der Waals surface area contributed by atoms with E-state index in [4.69, 9.17) is 0 Å². The number of H-pyrrole nitrogens is 2. The number of aromatic amines is 2. The summed E-state index contributed by atoms with van der Waals surface area (Å²) in [6, 6.07) is 11.8. The Bertz CT molecular complexity index is 1720. The first-order valence-electron chi connectivity index (χ1n) is 11.6. The predicted octanol–water partition coefficient (Wildman–Crippen LogP) is 5.22. The summed E-state index contributed by atoms with van der Waals surface area (Å²) in [5.41, 5.74) is 7.49. The molecule has 0 unspecified atom stereocenters. The van der Waals surface area contributed by atoms with Gasteiger partial charge in [-0.25, -0.2) is 4.98 Å². The third-order valence-electron chi connectivity index (χ3n) is 6.04. The van der Waals surface area contributed by atoms with Crippen molar-refractivity contribution in [2.24, 2.45) is 5.92 Å². The zero-order valence-electron chi connectivity index (χ0n) is 19.6. The molecular formula is C27H22N8O. The molecule has 6 aromatic heterocycles. The van der Waals surface area contributed by atoms with E-state index in [1.165, 1.54) is 0 Å². The number of rotatable bonds is 5. The smallest absolute Gasteiger partial charge is 0.226 e. The third-order valence-corrected chi connectivity index (χ3v) is 6.04. The first kappa shape index (κ1) is 21.6. The van der Waals surface area contributed by atoms with E-state index in [2.05, 4.69) is 46.5 Å². The van der Waals surface area contributed by atoms with Gasteiger partial charge >= 0.3 is 0 Å². The van der Waals surface area contributed by atoms with Crippen LogP contribution in [0.15, 0.2) is 73.6 Å². The number of amides is 1. The number of anilines is 1. The van der Waals surface area contributed by atoms with Crippen LogP contribution in [0.2, 0.25) is 0 Å². The molecule has 0 atom stereocenters. The summed E-state index contributed by atoms with van der Waals surface area (Å²) in [6.45, 7) is 3.70. The lowest BCUT2D eigenvalue weighted by Crippen LogP contribution is -2.17. The van der Waals surface area contributed by atoms with Crippen molar-refractivity contribution in [3.63, 3.8) is 0 Å². The Morgan fingerprint density at radius 2 is 1.67 bits per heavy atom. The summed E-state index contributed by atoms with van der Waals surface area (Å²) in [5, 5.41) is 12.3. The van der Waals surface area contributed by atoms with Crippen molar-refractivity contribution in [2.75, 3.05) is 5.32 Å². The summed E-state index contributed by atoms with van der Waals surface area (Å²) in [7, 11) is 0. The van der Waals surface area contributed by atoms with Crippen molar-refractivity contribution in [1.29, 1.82) is 0 Å². The average molecular weight is 475 g/mol. The highest BCUT2D eigenvalue weighted by Crippen LogP contribution is 2.33. The van der Waals surface area contributed by atoms with Crippen molar-refractivity contribution in [3.05, 3.63) is 73.6 Å². The van der Waals surface area contributed by atoms with Gasteiger partial charge in [-0.3, -0.25) is 24.8 Å². The maximum atomic E-state index is 12.1. The number of nitrogens with zero attached hydrogens (tertiary/aromatic N) is 5. The molecule has 0 saturated heterocycles. The highest BCUT2D eigenvalue weighted by molar-refractivity contribution is 6.00. The number of aromatic nitrogens is 7. The van der Waals surface area contributed by atoms with Gasteiger partial charge in [-0.05, 0) is 36.4 Å². The second kappa shape index (κ2) is 8.70. The summed E-state index contributed by atoms with van der Waals surface area (Å²) < 4.78 is 0. The molecule has 9 heteroatoms. The maximum Gasteiger partial charge on any atom is 0.226 e. The Kier molecular flexibility index (Phi) is 5.22. The molecule has 0 bridgehead atoms. The zero-order chi connectivity index (χ0) is 24.6. The molecule has 0 aliphatic heterocycles. The molecule has 3 N–H and O–H groups in total. The molecule has 0 aromatic carbocycles. The second-order valence-corrected chi connectivity index (χ2v) is 8.84. The van der Waals surface area contributed by atoms with Crippen molar-refractivity contribution >= 4 is 33.5 Å². The van der Waals surface area contributed by atoms with Crippen molar-refractivity contribution < 1.29 is 4.79 Å². The van der Waals surface area contributed by atoms with Gasteiger partial charge in [-0.15, -0.1) is 0 Å². The number of hydrogen-bond donors (Lipinski definition) is 3. The van der Waals surface area contributed by atoms with Crippen LogP contribution in [0.4, 0.5) is 5.69 Å². The molecule has 176 valence electrons. The van der Waals surface area contributed by atoms with Crippen LogP contribution in [0.3, 0.4) is 0 Å². The lowest BCUT2D eigenvalue weighted by molar-refractivity contribution is -0.118. The fourth-order valence-corrected chi connectivity index (χ4v) is 4.14. The lowest BCUT2D eigenvalue weighted by Gasteiger charge is -2.09. The summed E-state index contributed by atoms with van der Waals surface area (Å²) in [5.74, 6) is -0.176. The molecule has 0 aliphatic carbocycles. The van der Waals surface area contributed by atoms with Crippen LogP contribution in [0.25, 0.3) is 55.7 Å². The van der Waals surface area contributed by atoms with Crippen LogP contribution >= 0.6 is 0 Å². The van der Waals surface area contributed by atoms with E-state index in [1.807, 2.05) is 44.2 Å². The number of carbonyl (C=O) groups excluding carboxylic acids is 1. The van der Waals surface area contributed by atoms with Crippen LogP contribution in [-0.4, -0.2) is 41.0 Å². The highest BCUT2D eigenvalue weighted by Gasteiger charge is 2.16. The topological polar surface area (TPSA) is 125 Å². The summed E-state index contributed by atoms with van der Waals surface area (Å²) in [4.78, 5) is 33.2. The molecule has 6 aromatic rings. The largest absolute Gasteiger partial charge is 0.353 e. The minimum absolute atomic E-state index is 0.0564. The molecule has 6 heterocycles. The molecule has 36 heavy (non-hydrogen) atoms. The van der Waals surface area contributed by atoms with Gasteiger partial charge in [0.1, 0.15) is 5.69 Å².